The zero-order chi connectivity index (χ0) is 19.3. The van der Waals surface area contributed by atoms with Crippen LogP contribution in [0.4, 0.5) is 0 Å². The third kappa shape index (κ3) is 4.87. The van der Waals surface area contributed by atoms with Gasteiger partial charge in [0.15, 0.2) is 0 Å². The molecule has 27 heavy (non-hydrogen) atoms. The second kappa shape index (κ2) is 8.55. The number of aromatic nitrogens is 4. The highest BCUT2D eigenvalue weighted by molar-refractivity contribution is 7.89. The second-order valence-corrected chi connectivity index (χ2v) is 8.43. The van der Waals surface area contributed by atoms with E-state index in [0.29, 0.717) is 50.6 Å². The van der Waals surface area contributed by atoms with E-state index in [-0.39, 0.29) is 11.7 Å². The Hall–Kier alpha value is -2.37. The van der Waals surface area contributed by atoms with Gasteiger partial charge >= 0.3 is 0 Å². The van der Waals surface area contributed by atoms with E-state index in [1.807, 2.05) is 0 Å². The minimum atomic E-state index is -3.11. The van der Waals surface area contributed by atoms with E-state index in [4.69, 9.17) is 0 Å². The molecule has 0 radical (unpaired) electrons. The fraction of sp³-hybridized carbons (Fsp3) is 0.500. The molecule has 10 nitrogen and oxygen atoms in total. The van der Waals surface area contributed by atoms with Gasteiger partial charge in [0, 0.05) is 45.5 Å². The summed E-state index contributed by atoms with van der Waals surface area (Å²) in [6.07, 6.45) is 4.58. The first-order chi connectivity index (χ1) is 13.0. The van der Waals surface area contributed by atoms with Gasteiger partial charge in [-0.1, -0.05) is 0 Å². The molecule has 0 saturated carbocycles. The Bertz CT molecular complexity index is 845. The summed E-state index contributed by atoms with van der Waals surface area (Å²) in [6, 6.07) is 3.43. The van der Waals surface area contributed by atoms with Gasteiger partial charge in [0.25, 0.3) is 5.91 Å². The minimum Gasteiger partial charge on any atom is -0.351 e. The molecule has 0 bridgehead atoms. The monoisotopic (exact) mass is 393 g/mol. The number of hydrogen-bond donors (Lipinski definition) is 1. The molecule has 146 valence electrons. The number of piperazine rings is 1. The number of pyridine rings is 1. The Morgan fingerprint density at radius 1 is 1.15 bits per heavy atom. The van der Waals surface area contributed by atoms with Crippen molar-refractivity contribution in [3.8, 4) is 5.82 Å². The van der Waals surface area contributed by atoms with Crippen LogP contribution in [0.1, 0.15) is 17.3 Å². The van der Waals surface area contributed by atoms with Crippen LogP contribution >= 0.6 is 0 Å². The summed E-state index contributed by atoms with van der Waals surface area (Å²) < 4.78 is 26.9. The highest BCUT2D eigenvalue weighted by Gasteiger charge is 2.25. The molecule has 0 atom stereocenters. The van der Waals surface area contributed by atoms with Crippen LogP contribution in [-0.2, 0) is 10.0 Å². The summed E-state index contributed by atoms with van der Waals surface area (Å²) >= 11 is 0. The summed E-state index contributed by atoms with van der Waals surface area (Å²) in [4.78, 5) is 18.6. The van der Waals surface area contributed by atoms with Crippen LogP contribution < -0.4 is 5.32 Å². The summed E-state index contributed by atoms with van der Waals surface area (Å²) in [7, 11) is -3.11. The highest BCUT2D eigenvalue weighted by atomic mass is 32.2. The van der Waals surface area contributed by atoms with Gasteiger partial charge < -0.3 is 5.32 Å². The lowest BCUT2D eigenvalue weighted by Crippen LogP contribution is -2.50. The molecule has 1 aliphatic heterocycles. The molecule has 2 aromatic heterocycles. The van der Waals surface area contributed by atoms with Gasteiger partial charge in [-0.05, 0) is 19.1 Å². The first kappa shape index (κ1) is 19.4. The van der Waals surface area contributed by atoms with Gasteiger partial charge in [0.05, 0.1) is 11.3 Å². The summed E-state index contributed by atoms with van der Waals surface area (Å²) in [6.45, 7) is 5.17. The number of hydrogen-bond acceptors (Lipinski definition) is 7. The summed E-state index contributed by atoms with van der Waals surface area (Å²) in [5, 5.41) is 10.3. The number of amides is 1. The van der Waals surface area contributed by atoms with Crippen LogP contribution in [-0.4, -0.2) is 88.3 Å². The molecule has 0 aliphatic carbocycles. The van der Waals surface area contributed by atoms with E-state index < -0.39 is 10.0 Å². The Balaban J connectivity index is 1.42. The Morgan fingerprint density at radius 3 is 2.44 bits per heavy atom. The van der Waals surface area contributed by atoms with Crippen LogP contribution in [0, 0.1) is 0 Å². The third-order valence-electron chi connectivity index (χ3n) is 4.50. The zero-order valence-corrected chi connectivity index (χ0v) is 16.0. The number of nitrogens with one attached hydrogen (secondary N) is 1. The molecule has 2 aromatic rings. The van der Waals surface area contributed by atoms with Crippen molar-refractivity contribution in [3.63, 3.8) is 0 Å². The van der Waals surface area contributed by atoms with Crippen LogP contribution in [0.5, 0.6) is 0 Å². The van der Waals surface area contributed by atoms with Gasteiger partial charge in [0.2, 0.25) is 10.0 Å². The zero-order valence-electron chi connectivity index (χ0n) is 15.2. The van der Waals surface area contributed by atoms with Crippen LogP contribution in [0.2, 0.25) is 0 Å². The molecule has 0 spiro atoms. The SMILES string of the molecule is CCS(=O)(=O)N1CCN(CCNC(=O)c2ccc(-n3cnnc3)nc2)CC1. The molecule has 11 heteroatoms. The molecule has 3 heterocycles. The second-order valence-electron chi connectivity index (χ2n) is 6.17. The van der Waals surface area contributed by atoms with Crippen molar-refractivity contribution in [2.24, 2.45) is 0 Å². The molecular formula is C16H23N7O3S. The molecule has 1 fully saturated rings. The van der Waals surface area contributed by atoms with Gasteiger partial charge in [-0.15, -0.1) is 10.2 Å². The maximum atomic E-state index is 12.2. The number of carbonyl (C=O) groups is 1. The lowest BCUT2D eigenvalue weighted by atomic mass is 10.2. The molecule has 1 amide bonds. The summed E-state index contributed by atoms with van der Waals surface area (Å²) in [5.74, 6) is 0.578. The Morgan fingerprint density at radius 2 is 1.85 bits per heavy atom. The largest absolute Gasteiger partial charge is 0.351 e. The fourth-order valence-electron chi connectivity index (χ4n) is 2.84. The number of sulfonamides is 1. The molecule has 1 saturated heterocycles. The lowest BCUT2D eigenvalue weighted by Gasteiger charge is -2.33. The van der Waals surface area contributed by atoms with Gasteiger partial charge in [-0.25, -0.2) is 13.4 Å². The lowest BCUT2D eigenvalue weighted by molar-refractivity contribution is 0.0944. The molecule has 0 aromatic carbocycles. The number of rotatable bonds is 7. The normalized spacial score (nSPS) is 16.3. The Labute approximate surface area is 158 Å². The van der Waals surface area contributed by atoms with Crippen molar-refractivity contribution in [2.45, 2.75) is 6.92 Å². The van der Waals surface area contributed by atoms with Crippen LogP contribution in [0.25, 0.3) is 5.82 Å². The quantitative estimate of drug-likeness (QED) is 0.666. The van der Waals surface area contributed by atoms with Crippen molar-refractivity contribution < 1.29 is 13.2 Å². The van der Waals surface area contributed by atoms with Crippen LogP contribution in [0.3, 0.4) is 0 Å². The van der Waals surface area contributed by atoms with E-state index in [1.165, 1.54) is 23.2 Å². The molecular weight excluding hydrogens is 370 g/mol. The average molecular weight is 393 g/mol. The maximum absolute atomic E-state index is 12.2. The van der Waals surface area contributed by atoms with E-state index in [2.05, 4.69) is 25.4 Å². The summed E-state index contributed by atoms with van der Waals surface area (Å²) in [5.41, 5.74) is 0.477. The van der Waals surface area contributed by atoms with Crippen molar-refractivity contribution >= 4 is 15.9 Å². The first-order valence-corrected chi connectivity index (χ1v) is 10.4. The van der Waals surface area contributed by atoms with Gasteiger partial charge in [-0.2, -0.15) is 4.31 Å². The topological polar surface area (TPSA) is 113 Å². The standard InChI is InChI=1S/C16H23N7O3S/c1-2-27(25,26)23-9-7-21(8-10-23)6-5-17-16(24)14-3-4-15(18-11-14)22-12-19-20-13-22/h3-4,11-13H,2,5-10H2,1H3,(H,17,24). The fourth-order valence-corrected chi connectivity index (χ4v) is 3.92. The van der Waals surface area contributed by atoms with E-state index >= 15 is 0 Å². The first-order valence-electron chi connectivity index (χ1n) is 8.79. The van der Waals surface area contributed by atoms with E-state index in [1.54, 1.807) is 23.6 Å². The Kier molecular flexibility index (Phi) is 6.14. The van der Waals surface area contributed by atoms with Crippen LogP contribution in [0.15, 0.2) is 31.0 Å². The van der Waals surface area contributed by atoms with E-state index in [0.717, 1.165) is 0 Å². The van der Waals surface area contributed by atoms with Crippen molar-refractivity contribution in [2.75, 3.05) is 45.0 Å². The van der Waals surface area contributed by atoms with Gasteiger partial charge in [-0.3, -0.25) is 14.3 Å². The van der Waals surface area contributed by atoms with Crippen molar-refractivity contribution in [1.29, 1.82) is 0 Å². The van der Waals surface area contributed by atoms with Crippen molar-refractivity contribution in [1.82, 2.24) is 34.3 Å². The highest BCUT2D eigenvalue weighted by Crippen LogP contribution is 2.08. The third-order valence-corrected chi connectivity index (χ3v) is 6.38. The molecule has 3 rings (SSSR count). The smallest absolute Gasteiger partial charge is 0.252 e. The predicted molar refractivity (Wildman–Crippen MR) is 99.0 cm³/mol. The van der Waals surface area contributed by atoms with E-state index in [9.17, 15) is 13.2 Å². The number of nitrogens with zero attached hydrogens (tertiary/aromatic N) is 6. The maximum Gasteiger partial charge on any atom is 0.252 e. The predicted octanol–water partition coefficient (Wildman–Crippen LogP) is -0.641. The molecule has 1 aliphatic rings. The molecule has 0 unspecified atom stereocenters. The average Bonchev–Trinajstić information content (AvgIpc) is 3.23. The number of carbonyl (C=O) groups excluding carboxylic acids is 1. The van der Waals surface area contributed by atoms with Gasteiger partial charge in [0.1, 0.15) is 18.5 Å². The molecule has 1 N–H and O–H groups in total. The van der Waals surface area contributed by atoms with Crippen molar-refractivity contribution in [3.05, 3.63) is 36.5 Å². The minimum absolute atomic E-state index is 0.132.